The number of nitriles is 1. The summed E-state index contributed by atoms with van der Waals surface area (Å²) in [5, 5.41) is 19.5. The number of hydrogen-bond acceptors (Lipinski definition) is 5. The van der Waals surface area contributed by atoms with Crippen LogP contribution in [0, 0.1) is 31.0 Å². The van der Waals surface area contributed by atoms with Crippen molar-refractivity contribution in [3.05, 3.63) is 117 Å². The summed E-state index contributed by atoms with van der Waals surface area (Å²) in [5.41, 5.74) is 4.24. The van der Waals surface area contributed by atoms with Crippen molar-refractivity contribution in [3.63, 3.8) is 0 Å². The summed E-state index contributed by atoms with van der Waals surface area (Å²) in [6.45, 7) is 5.49. The first-order valence-electron chi connectivity index (χ1n) is 12.0. The maximum atomic E-state index is 15.1. The van der Waals surface area contributed by atoms with Crippen molar-refractivity contribution in [3.8, 4) is 6.07 Å². The standard InChI is InChI=1S/C30H27FN4O2S/c1-18-10-4-8-14-24(18)34-26(36)17-38-30-22(16-32)28(21-12-6-7-13-23(21)31)27(20(3)33-30)29(37)35-25-15-9-5-11-19(25)2/h4-15,28,33H,17H2,1-3H3,(H,34,36)(H,35,37)/t28-/m0/s1. The molecule has 38 heavy (non-hydrogen) atoms. The van der Waals surface area contributed by atoms with Crippen molar-refractivity contribution in [2.24, 2.45) is 0 Å². The molecular weight excluding hydrogens is 499 g/mol. The molecule has 0 bridgehead atoms. The number of halogens is 1. The molecule has 4 rings (SSSR count). The molecule has 1 aliphatic heterocycles. The molecule has 8 heteroatoms. The van der Waals surface area contributed by atoms with Crippen LogP contribution in [-0.2, 0) is 9.59 Å². The van der Waals surface area contributed by atoms with Gasteiger partial charge in [0.05, 0.1) is 28.3 Å². The normalized spacial score (nSPS) is 15.0. The van der Waals surface area contributed by atoms with Gasteiger partial charge < -0.3 is 16.0 Å². The van der Waals surface area contributed by atoms with E-state index in [2.05, 4.69) is 22.0 Å². The molecule has 3 aromatic rings. The van der Waals surface area contributed by atoms with E-state index in [1.54, 1.807) is 31.2 Å². The fourth-order valence-electron chi connectivity index (χ4n) is 4.29. The Morgan fingerprint density at radius 2 is 1.50 bits per heavy atom. The van der Waals surface area contributed by atoms with Gasteiger partial charge in [-0.3, -0.25) is 9.59 Å². The Labute approximate surface area is 225 Å². The van der Waals surface area contributed by atoms with Crippen molar-refractivity contribution in [2.75, 3.05) is 16.4 Å². The molecular formula is C30H27FN4O2S. The van der Waals surface area contributed by atoms with Gasteiger partial charge in [0.25, 0.3) is 5.91 Å². The number of carbonyl (C=O) groups is 2. The Morgan fingerprint density at radius 1 is 0.921 bits per heavy atom. The lowest BCUT2D eigenvalue weighted by Crippen LogP contribution is -2.31. The fraction of sp³-hybridized carbons (Fsp3) is 0.167. The minimum atomic E-state index is -0.951. The van der Waals surface area contributed by atoms with Crippen LogP contribution in [0.2, 0.25) is 0 Å². The molecule has 1 aliphatic rings. The monoisotopic (exact) mass is 526 g/mol. The van der Waals surface area contributed by atoms with Crippen LogP contribution in [0.25, 0.3) is 0 Å². The van der Waals surface area contributed by atoms with Crippen LogP contribution in [0.15, 0.2) is 94.7 Å². The number of rotatable bonds is 7. The first-order valence-corrected chi connectivity index (χ1v) is 13.0. The van der Waals surface area contributed by atoms with Crippen molar-refractivity contribution in [1.29, 1.82) is 5.26 Å². The molecule has 1 heterocycles. The third-order valence-electron chi connectivity index (χ3n) is 6.27. The van der Waals surface area contributed by atoms with Crippen LogP contribution in [0.5, 0.6) is 0 Å². The number of dihydropyridines is 1. The van der Waals surface area contributed by atoms with Gasteiger partial charge in [-0.25, -0.2) is 4.39 Å². The number of thioether (sulfide) groups is 1. The van der Waals surface area contributed by atoms with E-state index in [1.807, 2.05) is 56.3 Å². The first kappa shape index (κ1) is 26.7. The second kappa shape index (κ2) is 11.8. The summed E-state index contributed by atoms with van der Waals surface area (Å²) in [7, 11) is 0. The first-order chi connectivity index (χ1) is 18.3. The van der Waals surface area contributed by atoms with Gasteiger partial charge in [-0.2, -0.15) is 5.26 Å². The zero-order chi connectivity index (χ0) is 27.2. The molecule has 6 nitrogen and oxygen atoms in total. The van der Waals surface area contributed by atoms with E-state index in [0.717, 1.165) is 22.9 Å². The minimum absolute atomic E-state index is 0.0177. The van der Waals surface area contributed by atoms with Crippen molar-refractivity contribution < 1.29 is 14.0 Å². The number of para-hydroxylation sites is 2. The molecule has 0 saturated carbocycles. The molecule has 0 saturated heterocycles. The highest BCUT2D eigenvalue weighted by Crippen LogP contribution is 2.42. The minimum Gasteiger partial charge on any atom is -0.353 e. The predicted molar refractivity (Wildman–Crippen MR) is 150 cm³/mol. The van der Waals surface area contributed by atoms with Crippen LogP contribution >= 0.6 is 11.8 Å². The third kappa shape index (κ3) is 5.79. The van der Waals surface area contributed by atoms with Gasteiger partial charge in [-0.05, 0) is 50.1 Å². The summed E-state index contributed by atoms with van der Waals surface area (Å²) in [5.74, 6) is -2.14. The molecule has 0 radical (unpaired) electrons. The largest absolute Gasteiger partial charge is 0.353 e. The van der Waals surface area contributed by atoms with Crippen molar-refractivity contribution >= 4 is 35.0 Å². The van der Waals surface area contributed by atoms with Crippen molar-refractivity contribution in [1.82, 2.24) is 5.32 Å². The Hall–Kier alpha value is -4.35. The van der Waals surface area contributed by atoms with Crippen molar-refractivity contribution in [2.45, 2.75) is 26.7 Å². The highest BCUT2D eigenvalue weighted by molar-refractivity contribution is 8.03. The molecule has 0 aliphatic carbocycles. The van der Waals surface area contributed by atoms with Gasteiger partial charge >= 0.3 is 0 Å². The lowest BCUT2D eigenvalue weighted by atomic mass is 9.82. The third-order valence-corrected chi connectivity index (χ3v) is 7.29. The van der Waals surface area contributed by atoms with E-state index in [9.17, 15) is 14.9 Å². The lowest BCUT2D eigenvalue weighted by Gasteiger charge is -2.30. The summed E-state index contributed by atoms with van der Waals surface area (Å²) < 4.78 is 15.1. The molecule has 0 spiro atoms. The van der Waals surface area contributed by atoms with Gasteiger partial charge in [-0.15, -0.1) is 0 Å². The van der Waals surface area contributed by atoms with E-state index >= 15 is 4.39 Å². The maximum Gasteiger partial charge on any atom is 0.254 e. The van der Waals surface area contributed by atoms with Gasteiger partial charge in [0, 0.05) is 28.2 Å². The van der Waals surface area contributed by atoms with E-state index < -0.39 is 17.6 Å². The Balaban J connectivity index is 1.66. The number of aryl methyl sites for hydroxylation is 2. The fourth-order valence-corrected chi connectivity index (χ4v) is 5.18. The molecule has 0 unspecified atom stereocenters. The van der Waals surface area contributed by atoms with Crippen LogP contribution in [0.4, 0.5) is 15.8 Å². The molecule has 1 atom stereocenters. The quantitative estimate of drug-likeness (QED) is 0.343. The van der Waals surface area contributed by atoms with Gasteiger partial charge in [0.15, 0.2) is 0 Å². The van der Waals surface area contributed by atoms with E-state index in [-0.39, 0.29) is 28.4 Å². The topological polar surface area (TPSA) is 94.0 Å². The summed E-state index contributed by atoms with van der Waals surface area (Å²) in [4.78, 5) is 26.3. The summed E-state index contributed by atoms with van der Waals surface area (Å²) in [6.07, 6.45) is 0. The number of nitrogens with zero attached hydrogens (tertiary/aromatic N) is 1. The molecule has 192 valence electrons. The second-order valence-corrected chi connectivity index (χ2v) is 9.88. The lowest BCUT2D eigenvalue weighted by molar-refractivity contribution is -0.114. The molecule has 0 fully saturated rings. The summed E-state index contributed by atoms with van der Waals surface area (Å²) in [6, 6.07) is 23.1. The number of benzene rings is 3. The van der Waals surface area contributed by atoms with Crippen LogP contribution < -0.4 is 16.0 Å². The number of hydrogen-bond donors (Lipinski definition) is 3. The number of allylic oxidation sites excluding steroid dienone is 2. The highest BCUT2D eigenvalue weighted by atomic mass is 32.2. The van der Waals surface area contributed by atoms with Gasteiger partial charge in [0.1, 0.15) is 5.82 Å². The van der Waals surface area contributed by atoms with Crippen LogP contribution in [-0.4, -0.2) is 17.6 Å². The number of nitrogens with one attached hydrogen (secondary N) is 3. The van der Waals surface area contributed by atoms with Gasteiger partial charge in [0.2, 0.25) is 5.91 Å². The zero-order valence-corrected chi connectivity index (χ0v) is 22.1. The molecule has 0 aromatic heterocycles. The smallest absolute Gasteiger partial charge is 0.254 e. The molecule has 2 amide bonds. The van der Waals surface area contributed by atoms with E-state index in [1.165, 1.54) is 6.07 Å². The average Bonchev–Trinajstić information content (AvgIpc) is 2.90. The number of carbonyl (C=O) groups excluding carboxylic acids is 2. The predicted octanol–water partition coefficient (Wildman–Crippen LogP) is 6.15. The molecule has 3 aromatic carbocycles. The Morgan fingerprint density at radius 3 is 2.11 bits per heavy atom. The Bertz CT molecular complexity index is 1510. The summed E-state index contributed by atoms with van der Waals surface area (Å²) >= 11 is 1.14. The average molecular weight is 527 g/mol. The number of amides is 2. The second-order valence-electron chi connectivity index (χ2n) is 8.89. The molecule has 3 N–H and O–H groups in total. The Kier molecular flexibility index (Phi) is 8.29. The number of anilines is 2. The van der Waals surface area contributed by atoms with E-state index in [4.69, 9.17) is 0 Å². The van der Waals surface area contributed by atoms with Gasteiger partial charge in [-0.1, -0.05) is 66.4 Å². The van der Waals surface area contributed by atoms with Crippen LogP contribution in [0.3, 0.4) is 0 Å². The van der Waals surface area contributed by atoms with Crippen LogP contribution in [0.1, 0.15) is 29.5 Å². The maximum absolute atomic E-state index is 15.1. The SMILES string of the molecule is CC1=C(C(=O)Nc2ccccc2C)[C@@H](c2ccccc2F)C(C#N)=C(SCC(=O)Nc2ccccc2C)N1. The highest BCUT2D eigenvalue weighted by Gasteiger charge is 2.36. The van der Waals surface area contributed by atoms with E-state index in [0.29, 0.717) is 22.1 Å². The zero-order valence-electron chi connectivity index (χ0n) is 21.3.